The molecule has 78 valence electrons. The van der Waals surface area contributed by atoms with Gasteiger partial charge in [-0.05, 0) is 19.4 Å². The third kappa shape index (κ3) is 1.77. The van der Waals surface area contributed by atoms with E-state index in [-0.39, 0.29) is 6.04 Å². The first-order valence-electron chi connectivity index (χ1n) is 5.00. The zero-order valence-corrected chi connectivity index (χ0v) is 8.28. The van der Waals surface area contributed by atoms with Crippen molar-refractivity contribution in [3.05, 3.63) is 12.2 Å². The van der Waals surface area contributed by atoms with Crippen LogP contribution < -0.4 is 5.32 Å². The lowest BCUT2D eigenvalue weighted by Gasteiger charge is -2.25. The van der Waals surface area contributed by atoms with Crippen LogP contribution in [0.5, 0.6) is 0 Å². The second kappa shape index (κ2) is 4.04. The van der Waals surface area contributed by atoms with Gasteiger partial charge < -0.3 is 5.32 Å². The van der Waals surface area contributed by atoms with Gasteiger partial charge in [0, 0.05) is 13.1 Å². The number of nitrogens with zero attached hydrogens (tertiary/aromatic N) is 3. The minimum Gasteiger partial charge on any atom is -0.311 e. The van der Waals surface area contributed by atoms with Crippen LogP contribution in [0.1, 0.15) is 31.3 Å². The molecule has 2 heterocycles. The first-order valence-corrected chi connectivity index (χ1v) is 5.00. The molecular weight excluding hydrogens is 183 g/mol. The maximum absolute atomic E-state index is 13.9. The number of nitrogens with one attached hydrogen (secondary N) is 1. The molecule has 1 aliphatic heterocycles. The van der Waals surface area contributed by atoms with Gasteiger partial charge in [-0.15, -0.1) is 0 Å². The molecule has 1 fully saturated rings. The normalized spacial score (nSPS) is 24.9. The van der Waals surface area contributed by atoms with Gasteiger partial charge in [-0.1, -0.05) is 6.42 Å². The highest BCUT2D eigenvalue weighted by molar-refractivity contribution is 4.96. The summed E-state index contributed by atoms with van der Waals surface area (Å²) in [6, 6.07) is -0.0911. The largest absolute Gasteiger partial charge is 0.311 e. The minimum absolute atomic E-state index is 0.0911. The molecule has 0 amide bonds. The highest BCUT2D eigenvalue weighted by atomic mass is 19.1. The lowest BCUT2D eigenvalue weighted by Crippen LogP contribution is -2.38. The summed E-state index contributed by atoms with van der Waals surface area (Å²) in [5, 5.41) is 7.05. The van der Waals surface area contributed by atoms with Crippen LogP contribution in [0.3, 0.4) is 0 Å². The van der Waals surface area contributed by atoms with Crippen LogP contribution in [0.4, 0.5) is 4.39 Å². The topological polar surface area (TPSA) is 42.7 Å². The number of rotatable bonds is 2. The second-order valence-corrected chi connectivity index (χ2v) is 3.70. The molecule has 0 aromatic carbocycles. The Labute approximate surface area is 82.5 Å². The fourth-order valence-electron chi connectivity index (χ4n) is 1.86. The van der Waals surface area contributed by atoms with Crippen molar-refractivity contribution < 1.29 is 4.39 Å². The van der Waals surface area contributed by atoms with Crippen molar-refractivity contribution in [1.82, 2.24) is 20.1 Å². The summed E-state index contributed by atoms with van der Waals surface area (Å²) in [6.45, 7) is 0.906. The SMILES string of the molecule is Cn1ncnc1C(F)C1CCCCN1. The summed E-state index contributed by atoms with van der Waals surface area (Å²) in [5.74, 6) is 0.421. The lowest BCUT2D eigenvalue weighted by atomic mass is 10.0. The highest BCUT2D eigenvalue weighted by Crippen LogP contribution is 2.24. The maximum atomic E-state index is 13.9. The molecule has 0 spiro atoms. The van der Waals surface area contributed by atoms with Crippen LogP contribution in [0.25, 0.3) is 0 Å². The van der Waals surface area contributed by atoms with Crippen LogP contribution in [0, 0.1) is 0 Å². The third-order valence-electron chi connectivity index (χ3n) is 2.69. The van der Waals surface area contributed by atoms with Gasteiger partial charge in [0.25, 0.3) is 0 Å². The standard InChI is InChI=1S/C9H15FN4/c1-14-9(12-6-13-14)8(10)7-4-2-3-5-11-7/h6-8,11H,2-5H2,1H3. The quantitative estimate of drug-likeness (QED) is 0.770. The zero-order valence-electron chi connectivity index (χ0n) is 8.28. The van der Waals surface area contributed by atoms with Gasteiger partial charge in [0.15, 0.2) is 12.0 Å². The molecule has 1 aliphatic rings. The van der Waals surface area contributed by atoms with E-state index in [1.807, 2.05) is 0 Å². The van der Waals surface area contributed by atoms with E-state index in [2.05, 4.69) is 15.4 Å². The van der Waals surface area contributed by atoms with Gasteiger partial charge in [-0.25, -0.2) is 9.37 Å². The lowest BCUT2D eigenvalue weighted by molar-refractivity contribution is 0.206. The molecule has 14 heavy (non-hydrogen) atoms. The Morgan fingerprint density at radius 3 is 3.07 bits per heavy atom. The average Bonchev–Trinajstić information content (AvgIpc) is 2.65. The number of aryl methyl sites for hydroxylation is 1. The molecule has 2 unspecified atom stereocenters. The Morgan fingerprint density at radius 1 is 1.64 bits per heavy atom. The molecule has 0 bridgehead atoms. The second-order valence-electron chi connectivity index (χ2n) is 3.70. The highest BCUT2D eigenvalue weighted by Gasteiger charge is 2.27. The zero-order chi connectivity index (χ0) is 9.97. The van der Waals surface area contributed by atoms with E-state index in [0.29, 0.717) is 5.82 Å². The molecule has 1 N–H and O–H groups in total. The number of piperidine rings is 1. The average molecular weight is 198 g/mol. The molecule has 2 rings (SSSR count). The van der Waals surface area contributed by atoms with E-state index in [1.54, 1.807) is 7.05 Å². The van der Waals surface area contributed by atoms with E-state index >= 15 is 0 Å². The van der Waals surface area contributed by atoms with Crippen LogP contribution in [0.15, 0.2) is 6.33 Å². The van der Waals surface area contributed by atoms with Gasteiger partial charge >= 0.3 is 0 Å². The van der Waals surface area contributed by atoms with Gasteiger partial charge in [0.2, 0.25) is 0 Å². The van der Waals surface area contributed by atoms with Gasteiger partial charge in [0.1, 0.15) is 6.33 Å². The van der Waals surface area contributed by atoms with Gasteiger partial charge in [-0.2, -0.15) is 5.10 Å². The first kappa shape index (κ1) is 9.58. The van der Waals surface area contributed by atoms with Crippen LogP contribution in [-0.2, 0) is 7.05 Å². The minimum atomic E-state index is -1.04. The monoisotopic (exact) mass is 198 g/mol. The number of halogens is 1. The van der Waals surface area contributed by atoms with Crippen molar-refractivity contribution >= 4 is 0 Å². The molecule has 0 radical (unpaired) electrons. The number of hydrogen-bond donors (Lipinski definition) is 1. The van der Waals surface area contributed by atoms with Crippen LogP contribution in [0.2, 0.25) is 0 Å². The predicted octanol–water partition coefficient (Wildman–Crippen LogP) is 0.968. The van der Waals surface area contributed by atoms with Crippen molar-refractivity contribution in [2.75, 3.05) is 6.54 Å². The summed E-state index contributed by atoms with van der Waals surface area (Å²) >= 11 is 0. The van der Waals surface area contributed by atoms with E-state index < -0.39 is 6.17 Å². The molecule has 4 nitrogen and oxygen atoms in total. The molecule has 0 saturated carbocycles. The third-order valence-corrected chi connectivity index (χ3v) is 2.69. The van der Waals surface area contributed by atoms with Crippen molar-refractivity contribution in [2.45, 2.75) is 31.5 Å². The predicted molar refractivity (Wildman–Crippen MR) is 50.5 cm³/mol. The molecule has 1 saturated heterocycles. The van der Waals surface area contributed by atoms with Crippen LogP contribution >= 0.6 is 0 Å². The van der Waals surface area contributed by atoms with Crippen molar-refractivity contribution in [3.63, 3.8) is 0 Å². The van der Waals surface area contributed by atoms with Gasteiger partial charge in [-0.3, -0.25) is 4.68 Å². The van der Waals surface area contributed by atoms with Crippen LogP contribution in [-0.4, -0.2) is 27.4 Å². The van der Waals surface area contributed by atoms with E-state index in [9.17, 15) is 4.39 Å². The number of alkyl halides is 1. The smallest absolute Gasteiger partial charge is 0.174 e. The van der Waals surface area contributed by atoms with E-state index in [1.165, 1.54) is 11.0 Å². The van der Waals surface area contributed by atoms with E-state index in [4.69, 9.17) is 0 Å². The maximum Gasteiger partial charge on any atom is 0.174 e. The Hall–Kier alpha value is -0.970. The summed E-state index contributed by atoms with van der Waals surface area (Å²) in [6.07, 6.45) is 3.47. The Kier molecular flexibility index (Phi) is 2.77. The molecule has 0 aliphatic carbocycles. The molecule has 1 aromatic heterocycles. The Balaban J connectivity index is 2.07. The first-order chi connectivity index (χ1) is 6.79. The van der Waals surface area contributed by atoms with Crippen molar-refractivity contribution in [2.24, 2.45) is 7.05 Å². The van der Waals surface area contributed by atoms with Crippen molar-refractivity contribution in [3.8, 4) is 0 Å². The number of aromatic nitrogens is 3. The van der Waals surface area contributed by atoms with Gasteiger partial charge in [0.05, 0.1) is 0 Å². The summed E-state index contributed by atoms with van der Waals surface area (Å²) < 4.78 is 15.4. The van der Waals surface area contributed by atoms with E-state index in [0.717, 1.165) is 25.8 Å². The fraction of sp³-hybridized carbons (Fsp3) is 0.778. The molecule has 1 aromatic rings. The number of hydrogen-bond acceptors (Lipinski definition) is 3. The molecular formula is C9H15FN4. The summed E-state index contributed by atoms with van der Waals surface area (Å²) in [5.41, 5.74) is 0. The fourth-order valence-corrected chi connectivity index (χ4v) is 1.86. The van der Waals surface area contributed by atoms with Crippen molar-refractivity contribution in [1.29, 1.82) is 0 Å². The summed E-state index contributed by atoms with van der Waals surface area (Å²) in [7, 11) is 1.72. The Bertz CT molecular complexity index is 293. The molecule has 5 heteroatoms. The summed E-state index contributed by atoms with van der Waals surface area (Å²) in [4.78, 5) is 3.93. The molecule has 2 atom stereocenters. The Morgan fingerprint density at radius 2 is 2.50 bits per heavy atom.